The molecule has 27 heavy (non-hydrogen) atoms. The van der Waals surface area contributed by atoms with Gasteiger partial charge in [0.15, 0.2) is 5.96 Å². The Balaban J connectivity index is 1.43. The van der Waals surface area contributed by atoms with E-state index in [1.54, 1.807) is 0 Å². The minimum absolute atomic E-state index is 0.557. The van der Waals surface area contributed by atoms with Gasteiger partial charge in [-0.3, -0.25) is 9.89 Å². The normalized spacial score (nSPS) is 16.3. The molecule has 1 aromatic heterocycles. The number of guanidine groups is 1. The van der Waals surface area contributed by atoms with Crippen LogP contribution in [0.25, 0.3) is 6.08 Å². The molecule has 1 N–H and O–H groups in total. The Kier molecular flexibility index (Phi) is 6.65. The van der Waals surface area contributed by atoms with Crippen molar-refractivity contribution in [1.29, 1.82) is 0 Å². The zero-order chi connectivity index (χ0) is 19.1. The quantitative estimate of drug-likeness (QED) is 0.650. The molecular weight excluding hydrogens is 338 g/mol. The van der Waals surface area contributed by atoms with Gasteiger partial charge < -0.3 is 14.6 Å². The molecule has 0 radical (unpaired) electrons. The zero-order valence-electron chi connectivity index (χ0n) is 16.5. The third-order valence-electron chi connectivity index (χ3n) is 4.83. The van der Waals surface area contributed by atoms with Crippen LogP contribution in [0.15, 0.2) is 45.8 Å². The molecule has 1 aliphatic heterocycles. The SMILES string of the molecule is CN=C(NCc1nc(C)c(C)o1)N1CCN(CC=Cc2ccccc2)CC1. The maximum absolute atomic E-state index is 5.63. The Hall–Kier alpha value is -2.60. The summed E-state index contributed by atoms with van der Waals surface area (Å²) in [6.07, 6.45) is 4.43. The first-order valence-corrected chi connectivity index (χ1v) is 9.48. The van der Waals surface area contributed by atoms with E-state index in [9.17, 15) is 0 Å². The molecular formula is C21H29N5O. The number of hydrogen-bond acceptors (Lipinski definition) is 4. The maximum Gasteiger partial charge on any atom is 0.214 e. The van der Waals surface area contributed by atoms with Gasteiger partial charge in [0.1, 0.15) is 5.76 Å². The smallest absolute Gasteiger partial charge is 0.214 e. The fraction of sp³-hybridized carbons (Fsp3) is 0.429. The van der Waals surface area contributed by atoms with Gasteiger partial charge in [-0.25, -0.2) is 4.98 Å². The summed E-state index contributed by atoms with van der Waals surface area (Å²) in [6.45, 7) is 9.40. The van der Waals surface area contributed by atoms with Gasteiger partial charge in [0.25, 0.3) is 0 Å². The first-order chi connectivity index (χ1) is 13.2. The van der Waals surface area contributed by atoms with Crippen LogP contribution in [0.1, 0.15) is 22.9 Å². The summed E-state index contributed by atoms with van der Waals surface area (Å²) in [5, 5.41) is 3.36. The van der Waals surface area contributed by atoms with Crippen molar-refractivity contribution in [3.8, 4) is 0 Å². The van der Waals surface area contributed by atoms with Gasteiger partial charge in [-0.05, 0) is 19.4 Å². The summed E-state index contributed by atoms with van der Waals surface area (Å²) >= 11 is 0. The number of aryl methyl sites for hydroxylation is 2. The van der Waals surface area contributed by atoms with Crippen LogP contribution in [-0.2, 0) is 6.54 Å². The summed E-state index contributed by atoms with van der Waals surface area (Å²) < 4.78 is 5.63. The molecule has 144 valence electrons. The van der Waals surface area contributed by atoms with Crippen molar-refractivity contribution in [3.63, 3.8) is 0 Å². The lowest BCUT2D eigenvalue weighted by atomic mass is 10.2. The Labute approximate surface area is 161 Å². The highest BCUT2D eigenvalue weighted by Gasteiger charge is 2.19. The molecule has 0 aliphatic carbocycles. The fourth-order valence-corrected chi connectivity index (χ4v) is 3.15. The van der Waals surface area contributed by atoms with Crippen LogP contribution in [-0.4, -0.2) is 60.5 Å². The molecule has 0 saturated carbocycles. The number of oxazole rings is 1. The third-order valence-corrected chi connectivity index (χ3v) is 4.83. The second kappa shape index (κ2) is 9.37. The van der Waals surface area contributed by atoms with Crippen molar-refractivity contribution in [1.82, 2.24) is 20.1 Å². The van der Waals surface area contributed by atoms with E-state index in [2.05, 4.69) is 61.5 Å². The van der Waals surface area contributed by atoms with Gasteiger partial charge in [-0.15, -0.1) is 0 Å². The highest BCUT2D eigenvalue weighted by atomic mass is 16.4. The van der Waals surface area contributed by atoms with Crippen molar-refractivity contribution in [3.05, 3.63) is 59.3 Å². The minimum Gasteiger partial charge on any atom is -0.444 e. The average Bonchev–Trinajstić information content (AvgIpc) is 3.02. The van der Waals surface area contributed by atoms with Crippen molar-refractivity contribution in [2.45, 2.75) is 20.4 Å². The third kappa shape index (κ3) is 5.44. The number of nitrogens with one attached hydrogen (secondary N) is 1. The summed E-state index contributed by atoms with van der Waals surface area (Å²) in [5.41, 5.74) is 2.19. The maximum atomic E-state index is 5.63. The van der Waals surface area contributed by atoms with E-state index in [1.165, 1.54) is 5.56 Å². The molecule has 0 bridgehead atoms. The van der Waals surface area contributed by atoms with Crippen LogP contribution in [0, 0.1) is 13.8 Å². The van der Waals surface area contributed by atoms with Gasteiger partial charge in [0.2, 0.25) is 5.89 Å². The second-order valence-corrected chi connectivity index (χ2v) is 6.75. The number of piperazine rings is 1. The van der Waals surface area contributed by atoms with E-state index >= 15 is 0 Å². The summed E-state index contributed by atoms with van der Waals surface area (Å²) in [6, 6.07) is 10.4. The monoisotopic (exact) mass is 367 g/mol. The van der Waals surface area contributed by atoms with E-state index < -0.39 is 0 Å². The molecule has 3 rings (SSSR count). The zero-order valence-corrected chi connectivity index (χ0v) is 16.5. The summed E-state index contributed by atoms with van der Waals surface area (Å²) in [5.74, 6) is 2.48. The standard InChI is InChI=1S/C21H29N5O/c1-17-18(2)27-20(24-17)16-23-21(22-3)26-14-12-25(13-15-26)11-7-10-19-8-5-4-6-9-19/h4-10H,11-16H2,1-3H3,(H,22,23). The number of nitrogens with zero attached hydrogens (tertiary/aromatic N) is 4. The average molecular weight is 367 g/mol. The molecule has 0 unspecified atom stereocenters. The first kappa shape index (κ1) is 19.2. The van der Waals surface area contributed by atoms with E-state index in [0.717, 1.165) is 50.1 Å². The molecule has 1 fully saturated rings. The molecule has 2 aromatic rings. The molecule has 0 atom stereocenters. The fourth-order valence-electron chi connectivity index (χ4n) is 3.15. The van der Waals surface area contributed by atoms with Crippen molar-refractivity contribution < 1.29 is 4.42 Å². The lowest BCUT2D eigenvalue weighted by molar-refractivity contribution is 0.194. The minimum atomic E-state index is 0.557. The highest BCUT2D eigenvalue weighted by Crippen LogP contribution is 2.09. The van der Waals surface area contributed by atoms with Gasteiger partial charge in [0.05, 0.1) is 12.2 Å². The van der Waals surface area contributed by atoms with Gasteiger partial charge in [-0.2, -0.15) is 0 Å². The van der Waals surface area contributed by atoms with E-state index in [0.29, 0.717) is 12.4 Å². The van der Waals surface area contributed by atoms with Crippen LogP contribution in [0.3, 0.4) is 0 Å². The summed E-state index contributed by atoms with van der Waals surface area (Å²) in [4.78, 5) is 13.6. The Morgan fingerprint density at radius 2 is 1.93 bits per heavy atom. The van der Waals surface area contributed by atoms with Crippen LogP contribution < -0.4 is 5.32 Å². The number of hydrogen-bond donors (Lipinski definition) is 1. The van der Waals surface area contributed by atoms with Crippen LogP contribution >= 0.6 is 0 Å². The molecule has 6 heteroatoms. The molecule has 2 heterocycles. The molecule has 0 spiro atoms. The van der Waals surface area contributed by atoms with Crippen molar-refractivity contribution in [2.75, 3.05) is 39.8 Å². The number of aromatic nitrogens is 1. The van der Waals surface area contributed by atoms with Gasteiger partial charge in [-0.1, -0.05) is 42.5 Å². The number of aliphatic imine (C=N–C) groups is 1. The van der Waals surface area contributed by atoms with Crippen molar-refractivity contribution >= 4 is 12.0 Å². The van der Waals surface area contributed by atoms with Gasteiger partial charge in [0, 0.05) is 39.8 Å². The van der Waals surface area contributed by atoms with Crippen LogP contribution in [0.4, 0.5) is 0 Å². The molecule has 1 aliphatic rings. The molecule has 1 saturated heterocycles. The lowest BCUT2D eigenvalue weighted by Gasteiger charge is -2.35. The van der Waals surface area contributed by atoms with E-state index in [1.807, 2.05) is 27.0 Å². The Bertz CT molecular complexity index is 754. The molecule has 0 amide bonds. The molecule has 1 aromatic carbocycles. The van der Waals surface area contributed by atoms with E-state index in [-0.39, 0.29) is 0 Å². The Morgan fingerprint density at radius 1 is 1.19 bits per heavy atom. The van der Waals surface area contributed by atoms with Gasteiger partial charge >= 0.3 is 0 Å². The lowest BCUT2D eigenvalue weighted by Crippen LogP contribution is -2.52. The predicted molar refractivity (Wildman–Crippen MR) is 110 cm³/mol. The number of benzene rings is 1. The first-order valence-electron chi connectivity index (χ1n) is 9.48. The Morgan fingerprint density at radius 3 is 2.56 bits per heavy atom. The highest BCUT2D eigenvalue weighted by molar-refractivity contribution is 5.79. The predicted octanol–water partition coefficient (Wildman–Crippen LogP) is 2.70. The topological polar surface area (TPSA) is 56.9 Å². The van der Waals surface area contributed by atoms with Crippen LogP contribution in [0.5, 0.6) is 0 Å². The largest absolute Gasteiger partial charge is 0.444 e. The van der Waals surface area contributed by atoms with E-state index in [4.69, 9.17) is 4.42 Å². The second-order valence-electron chi connectivity index (χ2n) is 6.75. The summed E-state index contributed by atoms with van der Waals surface area (Å²) in [7, 11) is 1.82. The van der Waals surface area contributed by atoms with Crippen LogP contribution in [0.2, 0.25) is 0 Å². The molecule has 6 nitrogen and oxygen atoms in total. The van der Waals surface area contributed by atoms with Crippen molar-refractivity contribution in [2.24, 2.45) is 4.99 Å². The number of rotatable bonds is 5.